The molecule has 1 aliphatic rings. The van der Waals surface area contributed by atoms with Gasteiger partial charge in [0.05, 0.1) is 6.54 Å². The number of rotatable bonds is 4. The molecule has 0 saturated carbocycles. The molecule has 98 valence electrons. The number of hydrogen-bond acceptors (Lipinski definition) is 3. The number of amides is 1. The average molecular weight is 247 g/mol. The zero-order chi connectivity index (χ0) is 13.0. The lowest BCUT2D eigenvalue weighted by Crippen LogP contribution is -2.54. The molecule has 1 amide bonds. The highest BCUT2D eigenvalue weighted by Crippen LogP contribution is 2.10. The molecule has 0 aliphatic carbocycles. The van der Waals surface area contributed by atoms with Crippen molar-refractivity contribution < 1.29 is 4.79 Å². The Balaban J connectivity index is 1.95. The fraction of sp³-hybridized carbons (Fsp3) is 0.500. The van der Waals surface area contributed by atoms with E-state index >= 15 is 0 Å². The number of nitrogens with two attached hydrogens (primary N) is 1. The molecule has 1 fully saturated rings. The number of piperazine rings is 1. The van der Waals surface area contributed by atoms with Crippen LogP contribution in [0.15, 0.2) is 24.3 Å². The van der Waals surface area contributed by atoms with E-state index in [0.717, 1.165) is 19.5 Å². The molecule has 2 rings (SSSR count). The summed E-state index contributed by atoms with van der Waals surface area (Å²) in [5.74, 6) is 0.104. The molecule has 18 heavy (non-hydrogen) atoms. The maximum Gasteiger partial charge on any atom is 0.234 e. The van der Waals surface area contributed by atoms with E-state index in [1.807, 2.05) is 0 Å². The second kappa shape index (κ2) is 5.98. The van der Waals surface area contributed by atoms with Crippen molar-refractivity contribution in [2.24, 2.45) is 5.73 Å². The SMILES string of the molecule is Cc1ccc(CN2CC(=O)NC(CCN)C2)cc1. The van der Waals surface area contributed by atoms with E-state index in [1.165, 1.54) is 11.1 Å². The van der Waals surface area contributed by atoms with E-state index in [2.05, 4.69) is 41.4 Å². The Morgan fingerprint density at radius 2 is 2.11 bits per heavy atom. The van der Waals surface area contributed by atoms with E-state index in [-0.39, 0.29) is 11.9 Å². The Morgan fingerprint density at radius 3 is 2.78 bits per heavy atom. The van der Waals surface area contributed by atoms with Crippen molar-refractivity contribution in [2.75, 3.05) is 19.6 Å². The number of hydrogen-bond donors (Lipinski definition) is 2. The molecule has 1 unspecified atom stereocenters. The van der Waals surface area contributed by atoms with Gasteiger partial charge in [-0.25, -0.2) is 0 Å². The molecule has 0 radical (unpaired) electrons. The van der Waals surface area contributed by atoms with Crippen LogP contribution in [0.25, 0.3) is 0 Å². The Kier molecular flexibility index (Phi) is 4.33. The number of nitrogens with one attached hydrogen (secondary N) is 1. The van der Waals surface area contributed by atoms with Crippen LogP contribution in [-0.2, 0) is 11.3 Å². The third-order valence-corrected chi connectivity index (χ3v) is 3.25. The van der Waals surface area contributed by atoms with E-state index in [9.17, 15) is 4.79 Å². The lowest BCUT2D eigenvalue weighted by molar-refractivity contribution is -0.125. The van der Waals surface area contributed by atoms with Crippen LogP contribution >= 0.6 is 0 Å². The minimum absolute atomic E-state index is 0.104. The lowest BCUT2D eigenvalue weighted by Gasteiger charge is -2.32. The smallest absolute Gasteiger partial charge is 0.234 e. The largest absolute Gasteiger partial charge is 0.351 e. The second-order valence-corrected chi connectivity index (χ2v) is 5.00. The predicted molar refractivity (Wildman–Crippen MR) is 72.1 cm³/mol. The third kappa shape index (κ3) is 3.55. The first kappa shape index (κ1) is 13.1. The topological polar surface area (TPSA) is 58.4 Å². The minimum atomic E-state index is 0.104. The first-order valence-corrected chi connectivity index (χ1v) is 6.44. The van der Waals surface area contributed by atoms with E-state index in [4.69, 9.17) is 5.73 Å². The highest BCUT2D eigenvalue weighted by molar-refractivity contribution is 5.79. The van der Waals surface area contributed by atoms with Crippen LogP contribution in [0.4, 0.5) is 0 Å². The Hall–Kier alpha value is -1.39. The normalized spacial score (nSPS) is 20.8. The van der Waals surface area contributed by atoms with E-state index in [0.29, 0.717) is 13.1 Å². The van der Waals surface area contributed by atoms with Crippen LogP contribution in [-0.4, -0.2) is 36.5 Å². The first-order valence-electron chi connectivity index (χ1n) is 6.44. The first-order chi connectivity index (χ1) is 8.67. The van der Waals surface area contributed by atoms with Gasteiger partial charge in [0, 0.05) is 19.1 Å². The summed E-state index contributed by atoms with van der Waals surface area (Å²) in [7, 11) is 0. The van der Waals surface area contributed by atoms with Crippen molar-refractivity contribution in [1.29, 1.82) is 0 Å². The van der Waals surface area contributed by atoms with Crippen LogP contribution in [0, 0.1) is 6.92 Å². The van der Waals surface area contributed by atoms with Gasteiger partial charge in [-0.1, -0.05) is 29.8 Å². The molecule has 1 saturated heterocycles. The predicted octanol–water partition coefficient (Wildman–Crippen LogP) is 0.644. The summed E-state index contributed by atoms with van der Waals surface area (Å²) in [6.07, 6.45) is 0.843. The van der Waals surface area contributed by atoms with Crippen LogP contribution < -0.4 is 11.1 Å². The summed E-state index contributed by atoms with van der Waals surface area (Å²) >= 11 is 0. The molecule has 0 aromatic heterocycles. The number of carbonyl (C=O) groups is 1. The van der Waals surface area contributed by atoms with Crippen molar-refractivity contribution >= 4 is 5.91 Å². The van der Waals surface area contributed by atoms with E-state index in [1.54, 1.807) is 0 Å². The fourth-order valence-electron chi connectivity index (χ4n) is 2.34. The van der Waals surface area contributed by atoms with Crippen molar-refractivity contribution in [1.82, 2.24) is 10.2 Å². The highest BCUT2D eigenvalue weighted by atomic mass is 16.2. The van der Waals surface area contributed by atoms with Gasteiger partial charge in [-0.15, -0.1) is 0 Å². The van der Waals surface area contributed by atoms with Crippen molar-refractivity contribution in [3.05, 3.63) is 35.4 Å². The number of carbonyl (C=O) groups excluding carboxylic acids is 1. The Bertz CT molecular complexity index is 402. The molecule has 1 aliphatic heterocycles. The summed E-state index contributed by atoms with van der Waals surface area (Å²) in [5.41, 5.74) is 8.06. The maximum atomic E-state index is 11.6. The van der Waals surface area contributed by atoms with Crippen LogP contribution in [0.3, 0.4) is 0 Å². The molecular formula is C14H21N3O. The zero-order valence-corrected chi connectivity index (χ0v) is 10.9. The third-order valence-electron chi connectivity index (χ3n) is 3.25. The summed E-state index contributed by atoms with van der Waals surface area (Å²) in [5, 5.41) is 2.98. The van der Waals surface area contributed by atoms with E-state index < -0.39 is 0 Å². The number of nitrogens with zero attached hydrogens (tertiary/aromatic N) is 1. The minimum Gasteiger partial charge on any atom is -0.351 e. The molecule has 3 N–H and O–H groups in total. The molecule has 0 spiro atoms. The number of benzene rings is 1. The van der Waals surface area contributed by atoms with Crippen molar-refractivity contribution in [3.8, 4) is 0 Å². The summed E-state index contributed by atoms with van der Waals surface area (Å²) in [6, 6.07) is 8.66. The quantitative estimate of drug-likeness (QED) is 0.821. The zero-order valence-electron chi connectivity index (χ0n) is 10.9. The molecule has 1 heterocycles. The standard InChI is InChI=1S/C14H21N3O/c1-11-2-4-12(5-3-11)8-17-9-13(6-7-15)16-14(18)10-17/h2-5,13H,6-10,15H2,1H3,(H,16,18). The molecular weight excluding hydrogens is 226 g/mol. The van der Waals surface area contributed by atoms with Crippen LogP contribution in [0.2, 0.25) is 0 Å². The Morgan fingerprint density at radius 1 is 1.39 bits per heavy atom. The summed E-state index contributed by atoms with van der Waals surface area (Å²) < 4.78 is 0. The monoisotopic (exact) mass is 247 g/mol. The molecule has 4 nitrogen and oxygen atoms in total. The lowest BCUT2D eigenvalue weighted by atomic mass is 10.1. The summed E-state index contributed by atoms with van der Waals surface area (Å²) in [4.78, 5) is 13.8. The number of aryl methyl sites for hydroxylation is 1. The molecule has 1 aromatic rings. The van der Waals surface area contributed by atoms with Gasteiger partial charge in [-0.3, -0.25) is 9.69 Å². The molecule has 4 heteroatoms. The molecule has 1 atom stereocenters. The Labute approximate surface area is 108 Å². The van der Waals surface area contributed by atoms with Gasteiger partial charge in [-0.2, -0.15) is 0 Å². The van der Waals surface area contributed by atoms with Gasteiger partial charge in [-0.05, 0) is 25.5 Å². The highest BCUT2D eigenvalue weighted by Gasteiger charge is 2.23. The molecule has 1 aromatic carbocycles. The van der Waals surface area contributed by atoms with Crippen molar-refractivity contribution in [2.45, 2.75) is 25.9 Å². The van der Waals surface area contributed by atoms with Gasteiger partial charge in [0.25, 0.3) is 0 Å². The van der Waals surface area contributed by atoms with Gasteiger partial charge in [0.15, 0.2) is 0 Å². The van der Waals surface area contributed by atoms with Gasteiger partial charge in [0.2, 0.25) is 5.91 Å². The van der Waals surface area contributed by atoms with Gasteiger partial charge in [0.1, 0.15) is 0 Å². The fourth-order valence-corrected chi connectivity index (χ4v) is 2.34. The van der Waals surface area contributed by atoms with Gasteiger partial charge < -0.3 is 11.1 Å². The van der Waals surface area contributed by atoms with Crippen LogP contribution in [0.5, 0.6) is 0 Å². The van der Waals surface area contributed by atoms with Crippen LogP contribution in [0.1, 0.15) is 17.5 Å². The van der Waals surface area contributed by atoms with Gasteiger partial charge >= 0.3 is 0 Å². The maximum absolute atomic E-state index is 11.6. The second-order valence-electron chi connectivity index (χ2n) is 5.00. The summed E-state index contributed by atoms with van der Waals surface area (Å²) in [6.45, 7) is 4.89. The average Bonchev–Trinajstić information content (AvgIpc) is 2.32. The molecule has 0 bridgehead atoms. The van der Waals surface area contributed by atoms with Crippen molar-refractivity contribution in [3.63, 3.8) is 0 Å².